The van der Waals surface area contributed by atoms with E-state index in [1.807, 2.05) is 0 Å². The van der Waals surface area contributed by atoms with Gasteiger partial charge in [-0.15, -0.1) is 0 Å². The number of hydrogen-bond donors (Lipinski definition) is 1. The first-order valence-electron chi connectivity index (χ1n) is 6.93. The average molecular weight is 288 g/mol. The standard InChI is InChI=1S/C14H16N4O3/c19-13(20)2-1-10-3-5-17(9-10)14(21)11-7-16-18-6-4-15-8-12(11)18/h4,6-8,10H,1-3,5,9H2,(H,19,20). The molecule has 7 nitrogen and oxygen atoms in total. The molecular weight excluding hydrogens is 272 g/mol. The van der Waals surface area contributed by atoms with Crippen LogP contribution in [-0.4, -0.2) is 49.6 Å². The highest BCUT2D eigenvalue weighted by Crippen LogP contribution is 2.23. The molecule has 0 radical (unpaired) electrons. The number of aliphatic carboxylic acids is 1. The van der Waals surface area contributed by atoms with Crippen LogP contribution in [0.2, 0.25) is 0 Å². The number of carboxylic acids is 1. The van der Waals surface area contributed by atoms with Gasteiger partial charge in [-0.2, -0.15) is 5.10 Å². The van der Waals surface area contributed by atoms with Crippen LogP contribution in [0, 0.1) is 5.92 Å². The summed E-state index contributed by atoms with van der Waals surface area (Å²) in [5.74, 6) is -0.575. The molecule has 1 saturated heterocycles. The Morgan fingerprint density at radius 1 is 1.38 bits per heavy atom. The fourth-order valence-corrected chi connectivity index (χ4v) is 2.75. The number of aromatic nitrogens is 3. The van der Waals surface area contributed by atoms with Crippen LogP contribution in [0.5, 0.6) is 0 Å². The van der Waals surface area contributed by atoms with E-state index in [1.165, 1.54) is 0 Å². The Labute approximate surface area is 121 Å². The van der Waals surface area contributed by atoms with Crippen LogP contribution in [0.1, 0.15) is 29.6 Å². The van der Waals surface area contributed by atoms with Crippen LogP contribution >= 0.6 is 0 Å². The molecule has 2 aromatic heterocycles. The summed E-state index contributed by atoms with van der Waals surface area (Å²) >= 11 is 0. The zero-order valence-corrected chi connectivity index (χ0v) is 11.5. The van der Waals surface area contributed by atoms with E-state index in [0.29, 0.717) is 30.6 Å². The first-order chi connectivity index (χ1) is 10.1. The number of carbonyl (C=O) groups is 2. The number of hydrogen-bond acceptors (Lipinski definition) is 4. The van der Waals surface area contributed by atoms with E-state index < -0.39 is 5.97 Å². The molecule has 0 aromatic carbocycles. The zero-order chi connectivity index (χ0) is 14.8. The van der Waals surface area contributed by atoms with Gasteiger partial charge in [-0.25, -0.2) is 4.52 Å². The molecule has 0 spiro atoms. The molecule has 0 aliphatic carbocycles. The Balaban J connectivity index is 1.70. The molecular formula is C14H16N4O3. The lowest BCUT2D eigenvalue weighted by Crippen LogP contribution is -2.28. The minimum Gasteiger partial charge on any atom is -0.481 e. The van der Waals surface area contributed by atoms with Crippen LogP contribution in [0.15, 0.2) is 24.8 Å². The Morgan fingerprint density at radius 2 is 2.24 bits per heavy atom. The molecule has 0 saturated carbocycles. The molecule has 1 N–H and O–H groups in total. The lowest BCUT2D eigenvalue weighted by atomic mass is 10.0. The van der Waals surface area contributed by atoms with Crippen molar-refractivity contribution in [1.29, 1.82) is 0 Å². The van der Waals surface area contributed by atoms with E-state index in [9.17, 15) is 9.59 Å². The third kappa shape index (κ3) is 2.72. The largest absolute Gasteiger partial charge is 0.481 e. The van der Waals surface area contributed by atoms with E-state index in [4.69, 9.17) is 5.11 Å². The van der Waals surface area contributed by atoms with Gasteiger partial charge in [-0.3, -0.25) is 14.6 Å². The summed E-state index contributed by atoms with van der Waals surface area (Å²) in [5.41, 5.74) is 1.23. The quantitative estimate of drug-likeness (QED) is 0.908. The minimum atomic E-state index is -0.784. The van der Waals surface area contributed by atoms with Crippen molar-refractivity contribution in [1.82, 2.24) is 19.5 Å². The molecule has 3 rings (SSSR count). The minimum absolute atomic E-state index is 0.0594. The number of carboxylic acid groups (broad SMARTS) is 1. The highest BCUT2D eigenvalue weighted by Gasteiger charge is 2.28. The van der Waals surface area contributed by atoms with E-state index in [1.54, 1.807) is 34.2 Å². The van der Waals surface area contributed by atoms with Gasteiger partial charge in [-0.1, -0.05) is 0 Å². The molecule has 1 aliphatic heterocycles. The Morgan fingerprint density at radius 3 is 3.05 bits per heavy atom. The summed E-state index contributed by atoms with van der Waals surface area (Å²) in [6.07, 6.45) is 8.14. The number of carbonyl (C=O) groups excluding carboxylic acids is 1. The van der Waals surface area contributed by atoms with Crippen LogP contribution in [0.4, 0.5) is 0 Å². The molecule has 1 atom stereocenters. The zero-order valence-electron chi connectivity index (χ0n) is 11.5. The van der Waals surface area contributed by atoms with E-state index in [0.717, 1.165) is 6.42 Å². The normalized spacial score (nSPS) is 18.3. The summed E-state index contributed by atoms with van der Waals surface area (Å²) in [7, 11) is 0. The van der Waals surface area contributed by atoms with Crippen molar-refractivity contribution in [2.75, 3.05) is 13.1 Å². The number of amides is 1. The summed E-state index contributed by atoms with van der Waals surface area (Å²) in [4.78, 5) is 28.9. The van der Waals surface area contributed by atoms with Gasteiger partial charge in [0.2, 0.25) is 0 Å². The van der Waals surface area contributed by atoms with Crippen molar-refractivity contribution in [3.63, 3.8) is 0 Å². The maximum Gasteiger partial charge on any atom is 0.303 e. The molecule has 1 aliphatic rings. The molecule has 21 heavy (non-hydrogen) atoms. The Hall–Kier alpha value is -2.44. The second-order valence-corrected chi connectivity index (χ2v) is 5.30. The summed E-state index contributed by atoms with van der Waals surface area (Å²) in [5, 5.41) is 12.9. The van der Waals surface area contributed by atoms with Gasteiger partial charge in [0, 0.05) is 31.9 Å². The maximum atomic E-state index is 12.5. The highest BCUT2D eigenvalue weighted by atomic mass is 16.4. The van der Waals surface area contributed by atoms with Crippen molar-refractivity contribution in [3.8, 4) is 0 Å². The lowest BCUT2D eigenvalue weighted by molar-refractivity contribution is -0.137. The molecule has 2 aromatic rings. The van der Waals surface area contributed by atoms with Crippen LogP contribution < -0.4 is 0 Å². The topological polar surface area (TPSA) is 87.8 Å². The highest BCUT2D eigenvalue weighted by molar-refractivity contribution is 6.00. The molecule has 1 amide bonds. The van der Waals surface area contributed by atoms with E-state index in [2.05, 4.69) is 10.1 Å². The van der Waals surface area contributed by atoms with Gasteiger partial charge in [0.15, 0.2) is 0 Å². The predicted molar refractivity (Wildman–Crippen MR) is 73.9 cm³/mol. The van der Waals surface area contributed by atoms with Crippen molar-refractivity contribution in [2.24, 2.45) is 5.92 Å². The average Bonchev–Trinajstić information content (AvgIpc) is 3.11. The van der Waals surface area contributed by atoms with Crippen LogP contribution in [-0.2, 0) is 4.79 Å². The second-order valence-electron chi connectivity index (χ2n) is 5.30. The molecule has 1 fully saturated rings. The fourth-order valence-electron chi connectivity index (χ4n) is 2.75. The lowest BCUT2D eigenvalue weighted by Gasteiger charge is -2.15. The van der Waals surface area contributed by atoms with Gasteiger partial charge in [0.25, 0.3) is 5.91 Å². The van der Waals surface area contributed by atoms with Gasteiger partial charge >= 0.3 is 5.97 Å². The Bertz CT molecular complexity index is 682. The molecule has 0 bridgehead atoms. The van der Waals surface area contributed by atoms with Crippen LogP contribution in [0.3, 0.4) is 0 Å². The van der Waals surface area contributed by atoms with Gasteiger partial charge in [-0.05, 0) is 18.8 Å². The van der Waals surface area contributed by atoms with Crippen molar-refractivity contribution in [3.05, 3.63) is 30.4 Å². The monoisotopic (exact) mass is 288 g/mol. The number of rotatable bonds is 4. The predicted octanol–water partition coefficient (Wildman–Crippen LogP) is 1.06. The summed E-state index contributed by atoms with van der Waals surface area (Å²) in [6.45, 7) is 1.28. The fraction of sp³-hybridized carbons (Fsp3) is 0.429. The number of nitrogens with zero attached hydrogens (tertiary/aromatic N) is 4. The van der Waals surface area contributed by atoms with E-state index in [-0.39, 0.29) is 18.2 Å². The maximum absolute atomic E-state index is 12.5. The molecule has 7 heteroatoms. The molecule has 3 heterocycles. The van der Waals surface area contributed by atoms with Gasteiger partial charge in [0.1, 0.15) is 0 Å². The van der Waals surface area contributed by atoms with Gasteiger partial charge in [0.05, 0.1) is 23.5 Å². The second kappa shape index (κ2) is 5.51. The van der Waals surface area contributed by atoms with Crippen molar-refractivity contribution < 1.29 is 14.7 Å². The first-order valence-corrected chi connectivity index (χ1v) is 6.93. The molecule has 1 unspecified atom stereocenters. The number of likely N-dealkylation sites (tertiary alicyclic amines) is 1. The first kappa shape index (κ1) is 13.5. The summed E-state index contributed by atoms with van der Waals surface area (Å²) < 4.78 is 1.62. The van der Waals surface area contributed by atoms with E-state index >= 15 is 0 Å². The third-order valence-corrected chi connectivity index (χ3v) is 3.89. The summed E-state index contributed by atoms with van der Waals surface area (Å²) in [6, 6.07) is 0. The third-order valence-electron chi connectivity index (χ3n) is 3.89. The number of fused-ring (bicyclic) bond motifs is 1. The Kier molecular flexibility index (Phi) is 3.55. The van der Waals surface area contributed by atoms with Crippen molar-refractivity contribution in [2.45, 2.75) is 19.3 Å². The SMILES string of the molecule is O=C(O)CCC1CCN(C(=O)c2cnn3ccncc23)C1. The molecule has 110 valence electrons. The van der Waals surface area contributed by atoms with Gasteiger partial charge < -0.3 is 10.0 Å². The van der Waals surface area contributed by atoms with Crippen LogP contribution in [0.25, 0.3) is 5.52 Å². The van der Waals surface area contributed by atoms with Crippen molar-refractivity contribution >= 4 is 17.4 Å². The smallest absolute Gasteiger partial charge is 0.303 e.